The Morgan fingerprint density at radius 3 is 2.11 bits per heavy atom. The van der Waals surface area contributed by atoms with Crippen molar-refractivity contribution in [3.8, 4) is 5.75 Å². The van der Waals surface area contributed by atoms with Gasteiger partial charge < -0.3 is 28.5 Å². The fraction of sp³-hybridized carbons (Fsp3) is 0.143. The number of aromatic nitrogens is 1. The average molecular weight is 599 g/mol. The molecule has 15 nitrogen and oxygen atoms in total. The molecule has 36 heavy (non-hydrogen) atoms. The van der Waals surface area contributed by atoms with E-state index in [2.05, 4.69) is 19.7 Å². The molecular weight excluding hydrogens is 589 g/mol. The van der Waals surface area contributed by atoms with E-state index < -0.39 is 72.8 Å². The number of hydrogen-bond donors (Lipinski definition) is 1. The number of pyridine rings is 1. The summed E-state index contributed by atoms with van der Waals surface area (Å²) in [6.07, 6.45) is 0.00347. The quantitative estimate of drug-likeness (QED) is 0.0973. The molecule has 0 unspecified atom stereocenters. The van der Waals surface area contributed by atoms with E-state index in [0.29, 0.717) is 18.2 Å². The maximum atomic E-state index is 12.1. The van der Waals surface area contributed by atoms with Gasteiger partial charge >= 0.3 is 118 Å². The minimum atomic E-state index is -5.57. The number of phosphoric ester groups is 1. The van der Waals surface area contributed by atoms with Crippen molar-refractivity contribution in [3.63, 3.8) is 0 Å². The van der Waals surface area contributed by atoms with Crippen LogP contribution < -0.4 is 133 Å². The van der Waals surface area contributed by atoms with Crippen molar-refractivity contribution in [1.29, 1.82) is 0 Å². The monoisotopic (exact) mass is 599 g/mol. The second-order valence-corrected chi connectivity index (χ2v) is 9.76. The fourth-order valence-electron chi connectivity index (χ4n) is 2.27. The number of aldehydes is 1. The molecule has 0 saturated heterocycles. The first-order chi connectivity index (χ1) is 14.5. The minimum Gasteiger partial charge on any atom is -0.871 e. The van der Waals surface area contributed by atoms with E-state index in [9.17, 15) is 50.2 Å². The molecule has 0 aliphatic heterocycles. The van der Waals surface area contributed by atoms with Gasteiger partial charge in [0.2, 0.25) is 0 Å². The van der Waals surface area contributed by atoms with Gasteiger partial charge in [-0.3, -0.25) is 9.35 Å². The first kappa shape index (κ1) is 41.8. The Kier molecular flexibility index (Phi) is 19.3. The molecule has 1 aromatic heterocycles. The molecule has 2 rings (SSSR count). The molecule has 0 aliphatic carbocycles. The number of phosphoric acid groups is 1. The van der Waals surface area contributed by atoms with Crippen molar-refractivity contribution < 1.29 is 173 Å². The zero-order chi connectivity index (χ0) is 24.5. The number of rotatable bonds is 8. The van der Waals surface area contributed by atoms with Gasteiger partial charge in [-0.05, 0) is 25.1 Å². The van der Waals surface area contributed by atoms with E-state index >= 15 is 0 Å². The largest absolute Gasteiger partial charge is 1.00 e. The Bertz CT molecular complexity index is 1380. The van der Waals surface area contributed by atoms with Crippen LogP contribution in [0.2, 0.25) is 0 Å². The van der Waals surface area contributed by atoms with Crippen LogP contribution in [0.5, 0.6) is 5.75 Å². The standard InChI is InChI=1S/C14H14N3O12PS2.4Na/c1-7-13(19)9(5-18)10(6-29-30(20,21)22)14(15-7)17-16-11-4-8(31(23,24)25)2-3-12(11)32(26,27)28;;;;/h2-5,19H,6H2,1H3,(H2,20,21,22)(H,23,24,25)(H,26,27,28);;;;/q;4*+1/p-4. The van der Waals surface area contributed by atoms with Crippen LogP contribution in [-0.2, 0) is 35.9 Å². The van der Waals surface area contributed by atoms with Crippen LogP contribution in [-0.4, -0.2) is 37.2 Å². The SMILES string of the molecule is Cc1nc(N=Nc2cc(S(=O)(=O)[O-])ccc2S(=O)(=O)O)c(COP(=O)([O-])[O-])c(C=O)c1[O-].[Na+].[Na+].[Na+].[Na+]. The van der Waals surface area contributed by atoms with Gasteiger partial charge in [0.15, 0.2) is 5.82 Å². The molecule has 1 aromatic carbocycles. The van der Waals surface area contributed by atoms with Crippen molar-refractivity contribution in [3.05, 3.63) is 35.0 Å². The van der Waals surface area contributed by atoms with Crippen LogP contribution in [0.3, 0.4) is 0 Å². The maximum Gasteiger partial charge on any atom is 1.00 e. The van der Waals surface area contributed by atoms with Gasteiger partial charge in [-0.15, -0.1) is 10.2 Å². The molecule has 0 bridgehead atoms. The van der Waals surface area contributed by atoms with Crippen molar-refractivity contribution in [1.82, 2.24) is 4.98 Å². The van der Waals surface area contributed by atoms with E-state index in [0.717, 1.165) is 6.92 Å². The average Bonchev–Trinajstić information content (AvgIpc) is 2.64. The van der Waals surface area contributed by atoms with Crippen LogP contribution in [0, 0.1) is 6.92 Å². The summed E-state index contributed by atoms with van der Waals surface area (Å²) >= 11 is 0. The Hall–Kier alpha value is 1.37. The van der Waals surface area contributed by atoms with Crippen molar-refractivity contribution in [2.24, 2.45) is 10.2 Å². The Labute approximate surface area is 293 Å². The third-order valence-electron chi connectivity index (χ3n) is 3.68. The molecule has 1 N–H and O–H groups in total. The van der Waals surface area contributed by atoms with Crippen LogP contribution in [0.25, 0.3) is 0 Å². The summed E-state index contributed by atoms with van der Waals surface area (Å²) in [4.78, 5) is 34.6. The molecule has 1 heterocycles. The number of carbonyl (C=O) groups is 1. The zero-order valence-corrected chi connectivity index (χ0v) is 30.1. The molecule has 0 amide bonds. The molecule has 0 spiro atoms. The maximum absolute atomic E-state index is 12.1. The summed E-state index contributed by atoms with van der Waals surface area (Å²) in [7, 11) is -15.6. The molecule has 0 radical (unpaired) electrons. The van der Waals surface area contributed by atoms with Gasteiger partial charge in [0.25, 0.3) is 10.1 Å². The number of nitrogens with zero attached hydrogens (tertiary/aromatic N) is 3. The molecular formula is C14H10N3Na4O12PS2. The topological polar surface area (TPSA) is 262 Å². The van der Waals surface area contributed by atoms with Gasteiger partial charge in [0.05, 0.1) is 19.3 Å². The molecule has 2 aromatic rings. The molecule has 0 fully saturated rings. The minimum absolute atomic E-state index is 0. The van der Waals surface area contributed by atoms with E-state index in [1.165, 1.54) is 0 Å². The first-order valence-electron chi connectivity index (χ1n) is 7.86. The zero-order valence-electron chi connectivity index (χ0n) is 19.6. The van der Waals surface area contributed by atoms with Gasteiger partial charge in [-0.2, -0.15) is 8.42 Å². The van der Waals surface area contributed by atoms with Crippen molar-refractivity contribution in [2.45, 2.75) is 23.3 Å². The second-order valence-electron chi connectivity index (χ2n) is 5.84. The summed E-state index contributed by atoms with van der Waals surface area (Å²) in [5, 5.41) is 18.9. The van der Waals surface area contributed by atoms with Gasteiger partial charge in [0, 0.05) is 16.8 Å². The number of carbonyl (C=O) groups excluding carboxylic acids is 1. The summed E-state index contributed by atoms with van der Waals surface area (Å²) < 4.78 is 80.7. The van der Waals surface area contributed by atoms with Crippen molar-refractivity contribution in [2.75, 3.05) is 0 Å². The van der Waals surface area contributed by atoms with Gasteiger partial charge in [0.1, 0.15) is 27.0 Å². The molecule has 174 valence electrons. The van der Waals surface area contributed by atoms with Gasteiger partial charge in [-0.25, -0.2) is 13.4 Å². The summed E-state index contributed by atoms with van der Waals surface area (Å²) in [6, 6.07) is 1.60. The van der Waals surface area contributed by atoms with Gasteiger partial charge in [-0.1, -0.05) is 5.75 Å². The predicted octanol–water partition coefficient (Wildman–Crippen LogP) is -12.8. The summed E-state index contributed by atoms with van der Waals surface area (Å²) in [5.74, 6) is -1.63. The summed E-state index contributed by atoms with van der Waals surface area (Å²) in [5.41, 5.74) is -2.48. The molecule has 0 atom stereocenters. The predicted molar refractivity (Wildman–Crippen MR) is 94.6 cm³/mol. The normalized spacial score (nSPS) is 11.5. The van der Waals surface area contributed by atoms with E-state index in [-0.39, 0.29) is 130 Å². The van der Waals surface area contributed by atoms with Crippen LogP contribution in [0.1, 0.15) is 21.6 Å². The van der Waals surface area contributed by atoms with E-state index in [1.54, 1.807) is 0 Å². The fourth-order valence-corrected chi connectivity index (χ4v) is 3.65. The third kappa shape index (κ3) is 11.9. The van der Waals surface area contributed by atoms with Crippen molar-refractivity contribution >= 4 is 45.9 Å². The Balaban J connectivity index is -0.00000272. The smallest absolute Gasteiger partial charge is 0.871 e. The molecule has 0 saturated carbocycles. The van der Waals surface area contributed by atoms with E-state index in [4.69, 9.17) is 0 Å². The summed E-state index contributed by atoms with van der Waals surface area (Å²) in [6.45, 7) is -0.0192. The first-order valence-corrected chi connectivity index (χ1v) is 12.2. The van der Waals surface area contributed by atoms with Crippen LogP contribution in [0.15, 0.2) is 38.2 Å². The Morgan fingerprint density at radius 2 is 1.67 bits per heavy atom. The third-order valence-corrected chi connectivity index (χ3v) is 5.85. The number of benzene rings is 1. The second kappa shape index (κ2) is 16.6. The molecule has 22 heteroatoms. The Morgan fingerprint density at radius 1 is 1.11 bits per heavy atom. The number of hydrogen-bond acceptors (Lipinski definition) is 14. The van der Waals surface area contributed by atoms with Crippen LogP contribution in [0.4, 0.5) is 11.5 Å². The number of azo groups is 1. The van der Waals surface area contributed by atoms with Crippen LogP contribution >= 0.6 is 7.82 Å². The molecule has 0 aliphatic rings. The van der Waals surface area contributed by atoms with E-state index in [1.807, 2.05) is 0 Å². The number of aryl methyl sites for hydroxylation is 1.